The van der Waals surface area contributed by atoms with Gasteiger partial charge in [-0.1, -0.05) is 24.6 Å². The Morgan fingerprint density at radius 2 is 1.62 bits per heavy atom. The highest BCUT2D eigenvalue weighted by Crippen LogP contribution is 2.56. The van der Waals surface area contributed by atoms with Crippen LogP contribution in [0.4, 0.5) is 0 Å². The summed E-state index contributed by atoms with van der Waals surface area (Å²) in [5.41, 5.74) is 2.53. The summed E-state index contributed by atoms with van der Waals surface area (Å²) in [7, 11) is 0. The molecular weight excluding hydrogens is 446 g/mol. The Morgan fingerprint density at radius 3 is 2.35 bits per heavy atom. The van der Waals surface area contributed by atoms with E-state index in [1.54, 1.807) is 36.0 Å². The van der Waals surface area contributed by atoms with Crippen molar-refractivity contribution in [2.24, 2.45) is 0 Å². The van der Waals surface area contributed by atoms with E-state index >= 15 is 0 Å². The van der Waals surface area contributed by atoms with Crippen molar-refractivity contribution in [2.75, 3.05) is 26.2 Å². The standard InChI is InChI=1S/C28H29NO4S/c30-21-8-4-20(5-9-21)28-26(24-13-10-22(31)18-25(24)34-28)27(32)19-6-11-23(12-7-19)33-17-16-29-14-2-1-3-15-29/h4-13,18,26,28,30-31H,1-3,14-17H2/t26-,28?/m0/s1. The summed E-state index contributed by atoms with van der Waals surface area (Å²) in [4.78, 5) is 17.1. The number of thioether (sulfide) groups is 1. The molecule has 0 saturated carbocycles. The van der Waals surface area contributed by atoms with Crippen molar-refractivity contribution in [1.29, 1.82) is 0 Å². The number of hydrogen-bond donors (Lipinski definition) is 2. The van der Waals surface area contributed by atoms with Gasteiger partial charge in [0, 0.05) is 22.3 Å². The van der Waals surface area contributed by atoms with Gasteiger partial charge in [-0.3, -0.25) is 9.69 Å². The molecule has 2 heterocycles. The fourth-order valence-corrected chi connectivity index (χ4v) is 6.32. The second kappa shape index (κ2) is 10.1. The molecule has 2 atom stereocenters. The number of ketones is 1. The van der Waals surface area contributed by atoms with E-state index in [-0.39, 0.29) is 28.5 Å². The molecule has 2 aliphatic heterocycles. The summed E-state index contributed by atoms with van der Waals surface area (Å²) < 4.78 is 5.93. The largest absolute Gasteiger partial charge is 0.508 e. The Balaban J connectivity index is 1.32. The summed E-state index contributed by atoms with van der Waals surface area (Å²) in [6, 6.07) is 19.7. The summed E-state index contributed by atoms with van der Waals surface area (Å²) in [5, 5.41) is 19.5. The van der Waals surface area contributed by atoms with E-state index in [9.17, 15) is 15.0 Å². The maximum absolute atomic E-state index is 13.7. The lowest BCUT2D eigenvalue weighted by atomic mass is 9.85. The van der Waals surface area contributed by atoms with Gasteiger partial charge in [-0.2, -0.15) is 0 Å². The van der Waals surface area contributed by atoms with Crippen molar-refractivity contribution in [3.05, 3.63) is 83.4 Å². The van der Waals surface area contributed by atoms with Gasteiger partial charge < -0.3 is 14.9 Å². The first kappa shape index (κ1) is 22.8. The molecule has 0 aliphatic carbocycles. The Labute approximate surface area is 204 Å². The zero-order valence-corrected chi connectivity index (χ0v) is 19.8. The molecule has 3 aromatic carbocycles. The topological polar surface area (TPSA) is 70.0 Å². The lowest BCUT2D eigenvalue weighted by Gasteiger charge is -2.26. The molecule has 1 saturated heterocycles. The van der Waals surface area contributed by atoms with Crippen LogP contribution in [-0.2, 0) is 0 Å². The van der Waals surface area contributed by atoms with Crippen LogP contribution in [-0.4, -0.2) is 47.1 Å². The molecule has 0 spiro atoms. The van der Waals surface area contributed by atoms with Crippen LogP contribution in [0.1, 0.15) is 51.9 Å². The third-order valence-electron chi connectivity index (χ3n) is 6.66. The molecule has 2 aliphatic rings. The van der Waals surface area contributed by atoms with E-state index in [1.807, 2.05) is 42.5 Å². The molecule has 176 valence electrons. The number of rotatable bonds is 7. The highest BCUT2D eigenvalue weighted by Gasteiger charge is 2.39. The zero-order chi connectivity index (χ0) is 23.5. The molecule has 1 unspecified atom stereocenters. The van der Waals surface area contributed by atoms with Gasteiger partial charge in [0.05, 0.1) is 5.92 Å². The molecule has 1 fully saturated rings. The van der Waals surface area contributed by atoms with E-state index in [2.05, 4.69) is 4.90 Å². The number of piperidine rings is 1. The molecule has 0 aromatic heterocycles. The Kier molecular flexibility index (Phi) is 6.79. The summed E-state index contributed by atoms with van der Waals surface area (Å²) >= 11 is 1.58. The number of fused-ring (bicyclic) bond motifs is 1. The van der Waals surface area contributed by atoms with Gasteiger partial charge in [0.1, 0.15) is 23.9 Å². The number of likely N-dealkylation sites (tertiary alicyclic amines) is 1. The second-order valence-electron chi connectivity index (χ2n) is 8.97. The third kappa shape index (κ3) is 4.93. The second-order valence-corrected chi connectivity index (χ2v) is 10.2. The molecule has 6 heteroatoms. The minimum Gasteiger partial charge on any atom is -0.508 e. The predicted octanol–water partition coefficient (Wildman–Crippen LogP) is 5.78. The zero-order valence-electron chi connectivity index (χ0n) is 19.0. The van der Waals surface area contributed by atoms with E-state index < -0.39 is 0 Å². The summed E-state index contributed by atoms with van der Waals surface area (Å²) in [6.07, 6.45) is 3.86. The number of carbonyl (C=O) groups is 1. The van der Waals surface area contributed by atoms with Crippen LogP contribution >= 0.6 is 11.8 Å². The Hall–Kier alpha value is -2.96. The lowest BCUT2D eigenvalue weighted by molar-refractivity contribution is 0.0958. The van der Waals surface area contributed by atoms with Crippen molar-refractivity contribution < 1.29 is 19.7 Å². The average Bonchev–Trinajstić information content (AvgIpc) is 3.23. The first-order valence-electron chi connectivity index (χ1n) is 11.9. The molecule has 0 amide bonds. The number of ether oxygens (including phenoxy) is 1. The van der Waals surface area contributed by atoms with Crippen LogP contribution < -0.4 is 4.74 Å². The number of Topliss-reactive ketones (excluding diaryl/α,β-unsaturated/α-hetero) is 1. The van der Waals surface area contributed by atoms with Gasteiger partial charge in [0.25, 0.3) is 0 Å². The Morgan fingerprint density at radius 1 is 0.912 bits per heavy atom. The summed E-state index contributed by atoms with van der Waals surface area (Å²) in [5.74, 6) is 0.816. The molecule has 0 bridgehead atoms. The van der Waals surface area contributed by atoms with Crippen LogP contribution in [0.5, 0.6) is 17.2 Å². The van der Waals surface area contributed by atoms with Crippen LogP contribution in [0.25, 0.3) is 0 Å². The van der Waals surface area contributed by atoms with E-state index in [4.69, 9.17) is 4.74 Å². The highest BCUT2D eigenvalue weighted by molar-refractivity contribution is 8.00. The monoisotopic (exact) mass is 475 g/mol. The molecule has 34 heavy (non-hydrogen) atoms. The highest BCUT2D eigenvalue weighted by atomic mass is 32.2. The lowest BCUT2D eigenvalue weighted by Crippen LogP contribution is -2.33. The predicted molar refractivity (Wildman–Crippen MR) is 134 cm³/mol. The molecule has 0 radical (unpaired) electrons. The number of benzene rings is 3. The van der Waals surface area contributed by atoms with Crippen LogP contribution in [0.15, 0.2) is 71.6 Å². The quantitative estimate of drug-likeness (QED) is 0.423. The van der Waals surface area contributed by atoms with E-state index in [1.165, 1.54) is 19.3 Å². The van der Waals surface area contributed by atoms with Crippen molar-refractivity contribution in [3.8, 4) is 17.2 Å². The van der Waals surface area contributed by atoms with Gasteiger partial charge >= 0.3 is 0 Å². The molecule has 5 nitrogen and oxygen atoms in total. The van der Waals surface area contributed by atoms with Gasteiger partial charge in [0.15, 0.2) is 5.78 Å². The maximum atomic E-state index is 13.7. The average molecular weight is 476 g/mol. The van der Waals surface area contributed by atoms with Gasteiger partial charge in [-0.05, 0) is 85.6 Å². The van der Waals surface area contributed by atoms with Crippen LogP contribution in [0.3, 0.4) is 0 Å². The normalized spacial score (nSPS) is 20.1. The van der Waals surface area contributed by atoms with E-state index in [0.29, 0.717) is 12.2 Å². The van der Waals surface area contributed by atoms with Gasteiger partial charge in [0.2, 0.25) is 0 Å². The Bertz CT molecular complexity index is 1140. The van der Waals surface area contributed by atoms with Crippen LogP contribution in [0.2, 0.25) is 0 Å². The number of hydrogen-bond acceptors (Lipinski definition) is 6. The van der Waals surface area contributed by atoms with Crippen molar-refractivity contribution in [3.63, 3.8) is 0 Å². The number of carbonyl (C=O) groups excluding carboxylic acids is 1. The smallest absolute Gasteiger partial charge is 0.171 e. The number of nitrogens with zero attached hydrogens (tertiary/aromatic N) is 1. The fourth-order valence-electron chi connectivity index (χ4n) is 4.82. The minimum absolute atomic E-state index is 0.0369. The minimum atomic E-state index is -0.379. The molecule has 3 aromatic rings. The van der Waals surface area contributed by atoms with Crippen molar-refractivity contribution in [2.45, 2.75) is 35.3 Å². The third-order valence-corrected chi connectivity index (χ3v) is 8.06. The van der Waals surface area contributed by atoms with Crippen molar-refractivity contribution in [1.82, 2.24) is 4.90 Å². The first-order valence-corrected chi connectivity index (χ1v) is 12.7. The van der Waals surface area contributed by atoms with Gasteiger partial charge in [-0.15, -0.1) is 11.8 Å². The number of phenols is 2. The van der Waals surface area contributed by atoms with Crippen LogP contribution in [0, 0.1) is 0 Å². The van der Waals surface area contributed by atoms with Gasteiger partial charge in [-0.25, -0.2) is 0 Å². The molecular formula is C28H29NO4S. The first-order chi connectivity index (χ1) is 16.6. The van der Waals surface area contributed by atoms with Crippen molar-refractivity contribution >= 4 is 17.5 Å². The number of aromatic hydroxyl groups is 2. The SMILES string of the molecule is O=C(c1ccc(OCCN2CCCCC2)cc1)[C@@H]1c2ccc(O)cc2SC1c1ccc(O)cc1. The molecule has 2 N–H and O–H groups in total. The fraction of sp³-hybridized carbons (Fsp3) is 0.321. The maximum Gasteiger partial charge on any atom is 0.171 e. The molecule has 5 rings (SSSR count). The van der Waals surface area contributed by atoms with E-state index in [0.717, 1.165) is 41.4 Å². The summed E-state index contributed by atoms with van der Waals surface area (Å²) in [6.45, 7) is 3.87. The number of phenolic OH excluding ortho intramolecular Hbond substituents is 2.